The summed E-state index contributed by atoms with van der Waals surface area (Å²) in [5.74, 6) is 0.500. The summed E-state index contributed by atoms with van der Waals surface area (Å²) >= 11 is 6.15. The van der Waals surface area contributed by atoms with Gasteiger partial charge in [-0.05, 0) is 30.7 Å². The molecule has 1 aromatic heterocycles. The number of carbonyl (C=O) groups excluding carboxylic acids is 1. The monoisotopic (exact) mass is 348 g/mol. The quantitative estimate of drug-likeness (QED) is 0.902. The van der Waals surface area contributed by atoms with Crippen LogP contribution in [0.15, 0.2) is 41.0 Å². The third-order valence-corrected chi connectivity index (χ3v) is 4.51. The lowest BCUT2D eigenvalue weighted by Crippen LogP contribution is -2.43. The fourth-order valence-electron chi connectivity index (χ4n) is 2.97. The third kappa shape index (κ3) is 3.98. The molecule has 0 bridgehead atoms. The van der Waals surface area contributed by atoms with Gasteiger partial charge in [0.15, 0.2) is 0 Å². The van der Waals surface area contributed by atoms with E-state index >= 15 is 0 Å². The molecule has 0 aliphatic carbocycles. The summed E-state index contributed by atoms with van der Waals surface area (Å²) in [5, 5.41) is 3.71. The Labute approximate surface area is 146 Å². The number of halogens is 1. The minimum atomic E-state index is -0.124. The van der Waals surface area contributed by atoms with Crippen LogP contribution < -0.4 is 5.32 Å². The van der Waals surface area contributed by atoms with E-state index in [1.54, 1.807) is 13.0 Å². The molecule has 0 saturated carbocycles. The van der Waals surface area contributed by atoms with Crippen LogP contribution in [-0.4, -0.2) is 43.7 Å². The van der Waals surface area contributed by atoms with E-state index in [0.717, 1.165) is 18.7 Å². The van der Waals surface area contributed by atoms with Gasteiger partial charge in [-0.25, -0.2) is 0 Å². The number of nitrogens with zero attached hydrogens (tertiary/aromatic N) is 1. The summed E-state index contributed by atoms with van der Waals surface area (Å²) in [7, 11) is 0. The molecule has 128 valence electrons. The predicted octanol–water partition coefficient (Wildman–Crippen LogP) is 3.04. The lowest BCUT2D eigenvalue weighted by Gasteiger charge is -2.35. The number of ether oxygens (including phenoxy) is 1. The molecule has 1 aliphatic rings. The molecule has 1 N–H and O–H groups in total. The van der Waals surface area contributed by atoms with Crippen molar-refractivity contribution in [2.75, 3.05) is 32.8 Å². The van der Waals surface area contributed by atoms with Gasteiger partial charge in [0.1, 0.15) is 5.76 Å². The summed E-state index contributed by atoms with van der Waals surface area (Å²) in [4.78, 5) is 14.7. The van der Waals surface area contributed by atoms with Crippen molar-refractivity contribution in [2.45, 2.75) is 13.0 Å². The smallest absolute Gasteiger partial charge is 0.254 e. The maximum absolute atomic E-state index is 12.4. The molecule has 1 atom stereocenters. The van der Waals surface area contributed by atoms with Gasteiger partial charge >= 0.3 is 0 Å². The Balaban J connectivity index is 1.74. The SMILES string of the molecule is Cc1occc1C(=O)NCC(c1cccc(Cl)c1)N1CCOCC1. The van der Waals surface area contributed by atoms with Crippen molar-refractivity contribution in [1.29, 1.82) is 0 Å². The Bertz CT molecular complexity index is 695. The van der Waals surface area contributed by atoms with E-state index in [9.17, 15) is 4.79 Å². The molecule has 1 aliphatic heterocycles. The molecule has 2 heterocycles. The van der Waals surface area contributed by atoms with Gasteiger partial charge in [-0.2, -0.15) is 0 Å². The van der Waals surface area contributed by atoms with E-state index < -0.39 is 0 Å². The molecule has 5 nitrogen and oxygen atoms in total. The van der Waals surface area contributed by atoms with Gasteiger partial charge in [0, 0.05) is 24.7 Å². The largest absolute Gasteiger partial charge is 0.469 e. The first kappa shape index (κ1) is 17.0. The molecule has 1 fully saturated rings. The van der Waals surface area contributed by atoms with Crippen molar-refractivity contribution >= 4 is 17.5 Å². The second kappa shape index (κ2) is 7.83. The van der Waals surface area contributed by atoms with Crippen LogP contribution >= 0.6 is 11.6 Å². The maximum Gasteiger partial charge on any atom is 0.254 e. The number of carbonyl (C=O) groups is 1. The number of aryl methyl sites for hydroxylation is 1. The third-order valence-electron chi connectivity index (χ3n) is 4.28. The molecule has 1 unspecified atom stereocenters. The van der Waals surface area contributed by atoms with Gasteiger partial charge in [-0.1, -0.05) is 23.7 Å². The number of amides is 1. The summed E-state index contributed by atoms with van der Waals surface area (Å²) in [6.45, 7) is 5.35. The number of benzene rings is 1. The Morgan fingerprint density at radius 3 is 2.79 bits per heavy atom. The van der Waals surface area contributed by atoms with Crippen molar-refractivity contribution < 1.29 is 13.9 Å². The summed E-state index contributed by atoms with van der Waals surface area (Å²) in [6.07, 6.45) is 1.53. The van der Waals surface area contributed by atoms with Gasteiger partial charge in [0.25, 0.3) is 5.91 Å². The van der Waals surface area contributed by atoms with Crippen LogP contribution in [0.4, 0.5) is 0 Å². The van der Waals surface area contributed by atoms with Crippen molar-refractivity contribution in [3.63, 3.8) is 0 Å². The molecule has 2 aromatic rings. The number of furan rings is 1. The van der Waals surface area contributed by atoms with Gasteiger partial charge < -0.3 is 14.5 Å². The van der Waals surface area contributed by atoms with E-state index in [1.165, 1.54) is 6.26 Å². The van der Waals surface area contributed by atoms with Crippen LogP contribution in [0.25, 0.3) is 0 Å². The molecule has 0 radical (unpaired) electrons. The van der Waals surface area contributed by atoms with Crippen LogP contribution in [0.1, 0.15) is 27.7 Å². The van der Waals surface area contributed by atoms with Crippen LogP contribution in [0.3, 0.4) is 0 Å². The number of hydrogen-bond acceptors (Lipinski definition) is 4. The van der Waals surface area contributed by atoms with E-state index in [2.05, 4.69) is 10.2 Å². The number of rotatable bonds is 5. The van der Waals surface area contributed by atoms with Crippen molar-refractivity contribution in [3.05, 3.63) is 58.5 Å². The first-order chi connectivity index (χ1) is 11.6. The van der Waals surface area contributed by atoms with Crippen LogP contribution in [-0.2, 0) is 4.74 Å². The predicted molar refractivity (Wildman–Crippen MR) is 92.4 cm³/mol. The highest BCUT2D eigenvalue weighted by Gasteiger charge is 2.24. The highest BCUT2D eigenvalue weighted by molar-refractivity contribution is 6.30. The number of hydrogen-bond donors (Lipinski definition) is 1. The fourth-order valence-corrected chi connectivity index (χ4v) is 3.16. The van der Waals surface area contributed by atoms with E-state index in [1.807, 2.05) is 24.3 Å². The van der Waals surface area contributed by atoms with Crippen molar-refractivity contribution in [3.8, 4) is 0 Å². The molecule has 24 heavy (non-hydrogen) atoms. The van der Waals surface area contributed by atoms with Crippen LogP contribution in [0.2, 0.25) is 5.02 Å². The average molecular weight is 349 g/mol. The molecule has 3 rings (SSSR count). The fraction of sp³-hybridized carbons (Fsp3) is 0.389. The van der Waals surface area contributed by atoms with Gasteiger partial charge in [0.2, 0.25) is 0 Å². The Hall–Kier alpha value is -1.82. The van der Waals surface area contributed by atoms with E-state index in [4.69, 9.17) is 20.8 Å². The topological polar surface area (TPSA) is 54.7 Å². The zero-order valence-corrected chi connectivity index (χ0v) is 14.4. The second-order valence-electron chi connectivity index (χ2n) is 5.82. The summed E-state index contributed by atoms with van der Waals surface area (Å²) < 4.78 is 10.6. The summed E-state index contributed by atoms with van der Waals surface area (Å²) in [5.41, 5.74) is 1.66. The molecule has 1 amide bonds. The highest BCUT2D eigenvalue weighted by Crippen LogP contribution is 2.24. The standard InChI is InChI=1S/C18H21ClN2O3/c1-13-16(5-8-24-13)18(22)20-12-17(21-6-9-23-10-7-21)14-3-2-4-15(19)11-14/h2-5,8,11,17H,6-7,9-10,12H2,1H3,(H,20,22). The van der Waals surface area contributed by atoms with Gasteiger partial charge in [-0.15, -0.1) is 0 Å². The lowest BCUT2D eigenvalue weighted by molar-refractivity contribution is 0.0162. The molecule has 0 spiro atoms. The van der Waals surface area contributed by atoms with Crippen molar-refractivity contribution in [1.82, 2.24) is 10.2 Å². The highest BCUT2D eigenvalue weighted by atomic mass is 35.5. The average Bonchev–Trinajstić information content (AvgIpc) is 3.02. The van der Waals surface area contributed by atoms with E-state index in [0.29, 0.717) is 36.1 Å². The minimum Gasteiger partial charge on any atom is -0.469 e. The maximum atomic E-state index is 12.4. The molecular formula is C18H21ClN2O3. The first-order valence-electron chi connectivity index (χ1n) is 8.04. The summed E-state index contributed by atoms with van der Waals surface area (Å²) in [6, 6.07) is 9.54. The molecule has 6 heteroatoms. The lowest BCUT2D eigenvalue weighted by atomic mass is 10.0. The Kier molecular flexibility index (Phi) is 5.56. The van der Waals surface area contributed by atoms with Crippen molar-refractivity contribution in [2.24, 2.45) is 0 Å². The van der Waals surface area contributed by atoms with Gasteiger partial charge in [0.05, 0.1) is 31.1 Å². The molecule has 1 saturated heterocycles. The zero-order chi connectivity index (χ0) is 16.9. The Morgan fingerprint density at radius 1 is 1.33 bits per heavy atom. The minimum absolute atomic E-state index is 0.0590. The zero-order valence-electron chi connectivity index (χ0n) is 13.6. The van der Waals surface area contributed by atoms with Gasteiger partial charge in [-0.3, -0.25) is 9.69 Å². The van der Waals surface area contributed by atoms with E-state index in [-0.39, 0.29) is 11.9 Å². The van der Waals surface area contributed by atoms with Crippen LogP contribution in [0.5, 0.6) is 0 Å². The first-order valence-corrected chi connectivity index (χ1v) is 8.42. The van der Waals surface area contributed by atoms with Crippen LogP contribution in [0, 0.1) is 6.92 Å². The molecule has 1 aromatic carbocycles. The number of morpholine rings is 1. The Morgan fingerprint density at radius 2 is 2.12 bits per heavy atom. The molecular weight excluding hydrogens is 328 g/mol. The number of nitrogens with one attached hydrogen (secondary N) is 1. The normalized spacial score (nSPS) is 16.8. The second-order valence-corrected chi connectivity index (χ2v) is 6.26.